The zero-order valence-corrected chi connectivity index (χ0v) is 18.9. The summed E-state index contributed by atoms with van der Waals surface area (Å²) >= 11 is 1.23. The summed E-state index contributed by atoms with van der Waals surface area (Å²) in [7, 11) is 0. The molecule has 9 heteroatoms. The van der Waals surface area contributed by atoms with Crippen molar-refractivity contribution >= 4 is 17.7 Å². The van der Waals surface area contributed by atoms with Crippen LogP contribution >= 0.6 is 11.8 Å². The van der Waals surface area contributed by atoms with Crippen LogP contribution in [-0.2, 0) is 11.3 Å². The molecule has 0 spiro atoms. The summed E-state index contributed by atoms with van der Waals surface area (Å²) in [5, 5.41) is 11.9. The monoisotopic (exact) mass is 476 g/mol. The third-order valence-corrected chi connectivity index (χ3v) is 6.15. The smallest absolute Gasteiger partial charge is 0.230 e. The number of thioether (sulfide) groups is 1. The predicted molar refractivity (Wildman–Crippen MR) is 127 cm³/mol. The van der Waals surface area contributed by atoms with E-state index in [1.165, 1.54) is 17.8 Å². The molecule has 1 N–H and O–H groups in total. The highest BCUT2D eigenvalue weighted by molar-refractivity contribution is 7.99. The molecule has 0 aliphatic carbocycles. The number of benzene rings is 3. The molecule has 1 amide bonds. The maximum absolute atomic E-state index is 14.5. The molecule has 172 valence electrons. The lowest BCUT2D eigenvalue weighted by molar-refractivity contribution is -0.118. The van der Waals surface area contributed by atoms with Gasteiger partial charge in [0.25, 0.3) is 0 Å². The number of carbonyl (C=O) groups excluding carboxylic acids is 1. The molecule has 34 heavy (non-hydrogen) atoms. The summed E-state index contributed by atoms with van der Waals surface area (Å²) in [5.41, 5.74) is 1.97. The summed E-state index contributed by atoms with van der Waals surface area (Å²) in [6.45, 7) is 1.31. The summed E-state index contributed by atoms with van der Waals surface area (Å²) in [6.07, 6.45) is 0. The largest absolute Gasteiger partial charge is 0.486 e. The third kappa shape index (κ3) is 4.60. The molecule has 7 nitrogen and oxygen atoms in total. The van der Waals surface area contributed by atoms with Gasteiger partial charge in [0.2, 0.25) is 5.91 Å². The summed E-state index contributed by atoms with van der Waals surface area (Å²) in [4.78, 5) is 12.6. The molecule has 2 heterocycles. The fourth-order valence-electron chi connectivity index (χ4n) is 3.64. The van der Waals surface area contributed by atoms with E-state index in [-0.39, 0.29) is 11.7 Å². The van der Waals surface area contributed by atoms with E-state index in [1.54, 1.807) is 22.8 Å². The molecule has 0 radical (unpaired) electrons. The topological polar surface area (TPSA) is 78.3 Å². The van der Waals surface area contributed by atoms with Gasteiger partial charge in [-0.2, -0.15) is 0 Å². The Hall–Kier alpha value is -3.85. The molecule has 0 saturated carbocycles. The van der Waals surface area contributed by atoms with Gasteiger partial charge in [0, 0.05) is 17.8 Å². The van der Waals surface area contributed by atoms with Gasteiger partial charge in [-0.15, -0.1) is 10.2 Å². The molecule has 0 bridgehead atoms. The lowest BCUT2D eigenvalue weighted by Gasteiger charge is -2.21. The van der Waals surface area contributed by atoms with Gasteiger partial charge in [-0.05, 0) is 30.3 Å². The average molecular weight is 477 g/mol. The van der Waals surface area contributed by atoms with Crippen LogP contribution < -0.4 is 14.8 Å². The Morgan fingerprint density at radius 2 is 1.76 bits per heavy atom. The summed E-state index contributed by atoms with van der Waals surface area (Å²) < 4.78 is 27.6. The van der Waals surface area contributed by atoms with E-state index in [4.69, 9.17) is 9.47 Å². The van der Waals surface area contributed by atoms with Gasteiger partial charge < -0.3 is 14.8 Å². The number of nitrogens with zero attached hydrogens (tertiary/aromatic N) is 3. The summed E-state index contributed by atoms with van der Waals surface area (Å²) in [5.74, 6) is 1.28. The molecule has 3 aromatic carbocycles. The minimum Gasteiger partial charge on any atom is -0.486 e. The van der Waals surface area contributed by atoms with Crippen LogP contribution in [-0.4, -0.2) is 39.6 Å². The summed E-state index contributed by atoms with van der Waals surface area (Å²) in [6, 6.07) is 21.5. The first kappa shape index (κ1) is 22.0. The Morgan fingerprint density at radius 3 is 2.62 bits per heavy atom. The fourth-order valence-corrected chi connectivity index (χ4v) is 4.42. The number of para-hydroxylation sites is 2. The van der Waals surface area contributed by atoms with Gasteiger partial charge in [-0.25, -0.2) is 4.39 Å². The molecular weight excluding hydrogens is 455 g/mol. The van der Waals surface area contributed by atoms with Gasteiger partial charge in [-0.1, -0.05) is 54.2 Å². The van der Waals surface area contributed by atoms with E-state index < -0.39 is 5.82 Å². The van der Waals surface area contributed by atoms with Crippen molar-refractivity contribution in [3.63, 3.8) is 0 Å². The van der Waals surface area contributed by atoms with Crippen LogP contribution in [0.4, 0.5) is 4.39 Å². The first-order valence-electron chi connectivity index (χ1n) is 10.7. The van der Waals surface area contributed by atoms with Crippen molar-refractivity contribution in [2.24, 2.45) is 0 Å². The van der Waals surface area contributed by atoms with E-state index in [0.29, 0.717) is 47.8 Å². The van der Waals surface area contributed by atoms with Crippen molar-refractivity contribution in [3.05, 3.63) is 84.2 Å². The minimum atomic E-state index is -0.390. The number of amides is 1. The number of fused-ring (bicyclic) bond motifs is 1. The SMILES string of the molecule is O=C(CSc1nnc(-c2ccccc2F)n1-c1ccccc1)NCc1cccc2c1OCCO2. The zero-order valence-electron chi connectivity index (χ0n) is 18.1. The van der Waals surface area contributed by atoms with E-state index in [1.807, 2.05) is 48.5 Å². The average Bonchev–Trinajstić information content (AvgIpc) is 3.30. The van der Waals surface area contributed by atoms with Crippen LogP contribution in [0, 0.1) is 5.82 Å². The molecule has 0 unspecified atom stereocenters. The Bertz CT molecular complexity index is 1310. The first-order valence-corrected chi connectivity index (χ1v) is 11.7. The molecule has 1 aliphatic rings. The Labute approximate surface area is 199 Å². The highest BCUT2D eigenvalue weighted by Gasteiger charge is 2.20. The van der Waals surface area contributed by atoms with Crippen molar-refractivity contribution in [2.45, 2.75) is 11.7 Å². The van der Waals surface area contributed by atoms with Crippen molar-refractivity contribution < 1.29 is 18.7 Å². The number of hydrogen-bond acceptors (Lipinski definition) is 6. The van der Waals surface area contributed by atoms with Crippen LogP contribution in [0.25, 0.3) is 17.1 Å². The number of carbonyl (C=O) groups is 1. The molecule has 0 atom stereocenters. The molecule has 0 fully saturated rings. The predicted octanol–water partition coefficient (Wildman–Crippen LogP) is 4.25. The molecule has 1 aromatic heterocycles. The number of halogens is 1. The second-order valence-electron chi connectivity index (χ2n) is 7.46. The van der Waals surface area contributed by atoms with Gasteiger partial charge in [0.1, 0.15) is 19.0 Å². The van der Waals surface area contributed by atoms with E-state index in [2.05, 4.69) is 15.5 Å². The molecule has 4 aromatic rings. The standard InChI is InChI=1S/C25H21FN4O3S/c26-20-11-5-4-10-19(20)24-28-29-25(30(24)18-8-2-1-3-9-18)34-16-22(31)27-15-17-7-6-12-21-23(17)33-14-13-32-21/h1-12H,13-16H2,(H,27,31). The van der Waals surface area contributed by atoms with Crippen LogP contribution in [0.3, 0.4) is 0 Å². The van der Waals surface area contributed by atoms with E-state index in [9.17, 15) is 9.18 Å². The molecular formula is C25H21FN4O3S. The number of rotatable bonds is 7. The Kier molecular flexibility index (Phi) is 6.44. The minimum absolute atomic E-state index is 0.120. The van der Waals surface area contributed by atoms with Gasteiger partial charge in [-0.3, -0.25) is 9.36 Å². The van der Waals surface area contributed by atoms with Gasteiger partial charge in [0.15, 0.2) is 22.5 Å². The second-order valence-corrected chi connectivity index (χ2v) is 8.41. The first-order chi connectivity index (χ1) is 16.7. The Morgan fingerprint density at radius 1 is 0.971 bits per heavy atom. The van der Waals surface area contributed by atoms with Crippen LogP contribution in [0.1, 0.15) is 5.56 Å². The van der Waals surface area contributed by atoms with Crippen LogP contribution in [0.2, 0.25) is 0 Å². The number of aromatic nitrogens is 3. The lowest BCUT2D eigenvalue weighted by atomic mass is 10.1. The van der Waals surface area contributed by atoms with Crippen LogP contribution in [0.15, 0.2) is 78.0 Å². The quantitative estimate of drug-likeness (QED) is 0.402. The van der Waals surface area contributed by atoms with Crippen molar-refractivity contribution in [1.82, 2.24) is 20.1 Å². The van der Waals surface area contributed by atoms with Gasteiger partial charge in [0.05, 0.1) is 11.3 Å². The highest BCUT2D eigenvalue weighted by Crippen LogP contribution is 2.33. The van der Waals surface area contributed by atoms with Crippen molar-refractivity contribution in [2.75, 3.05) is 19.0 Å². The molecule has 5 rings (SSSR count). The van der Waals surface area contributed by atoms with Crippen molar-refractivity contribution in [3.8, 4) is 28.6 Å². The maximum Gasteiger partial charge on any atom is 0.230 e. The normalized spacial score (nSPS) is 12.4. The van der Waals surface area contributed by atoms with Crippen LogP contribution in [0.5, 0.6) is 11.5 Å². The van der Waals surface area contributed by atoms with Gasteiger partial charge >= 0.3 is 0 Å². The molecule has 1 aliphatic heterocycles. The highest BCUT2D eigenvalue weighted by atomic mass is 32.2. The number of ether oxygens (including phenoxy) is 2. The zero-order chi connectivity index (χ0) is 23.3. The third-order valence-electron chi connectivity index (χ3n) is 5.22. The van der Waals surface area contributed by atoms with E-state index in [0.717, 1.165) is 11.3 Å². The Balaban J connectivity index is 1.32. The van der Waals surface area contributed by atoms with Crippen molar-refractivity contribution in [1.29, 1.82) is 0 Å². The second kappa shape index (κ2) is 9.96. The fraction of sp³-hybridized carbons (Fsp3) is 0.160. The molecule has 0 saturated heterocycles. The number of hydrogen-bond donors (Lipinski definition) is 1. The lowest BCUT2D eigenvalue weighted by Crippen LogP contribution is -2.26. The maximum atomic E-state index is 14.5. The van der Waals surface area contributed by atoms with E-state index >= 15 is 0 Å². The number of nitrogens with one attached hydrogen (secondary N) is 1.